The normalized spacial score (nSPS) is 20.8. The van der Waals surface area contributed by atoms with E-state index in [-0.39, 0.29) is 13.0 Å². The van der Waals surface area contributed by atoms with Gasteiger partial charge < -0.3 is 10.1 Å². The highest BCUT2D eigenvalue weighted by molar-refractivity contribution is 7.95. The van der Waals surface area contributed by atoms with E-state index in [4.69, 9.17) is 4.74 Å². The number of anilines is 2. The summed E-state index contributed by atoms with van der Waals surface area (Å²) in [6.07, 6.45) is 0.228. The molecular formula is C21H26N2O4S. The minimum absolute atomic E-state index is 0.228. The molecule has 0 spiro atoms. The van der Waals surface area contributed by atoms with E-state index in [1.165, 1.54) is 11.2 Å². The predicted molar refractivity (Wildman–Crippen MR) is 111 cm³/mol. The molecule has 6 nitrogen and oxygen atoms in total. The SMILES string of the molecule is CCOc1ccc(NC(=O)[C@]2(C)CCN(c3c(C)cccc3C)S2(=O)=O)cc1. The van der Waals surface area contributed by atoms with Gasteiger partial charge in [-0.3, -0.25) is 9.10 Å². The highest BCUT2D eigenvalue weighted by Crippen LogP contribution is 2.40. The molecule has 1 N–H and O–H groups in total. The van der Waals surface area contributed by atoms with Crippen molar-refractivity contribution in [1.29, 1.82) is 0 Å². The largest absolute Gasteiger partial charge is 0.494 e. The Balaban J connectivity index is 1.86. The number of ether oxygens (including phenoxy) is 1. The maximum atomic E-state index is 13.3. The van der Waals surface area contributed by atoms with Gasteiger partial charge in [0.2, 0.25) is 15.9 Å². The first-order valence-electron chi connectivity index (χ1n) is 9.33. The molecule has 2 aromatic carbocycles. The molecule has 1 aliphatic heterocycles. The Hall–Kier alpha value is -2.54. The van der Waals surface area contributed by atoms with E-state index in [0.29, 0.717) is 23.7 Å². The topological polar surface area (TPSA) is 75.7 Å². The van der Waals surface area contributed by atoms with Crippen LogP contribution in [0.2, 0.25) is 0 Å². The van der Waals surface area contributed by atoms with Gasteiger partial charge in [0.05, 0.1) is 12.3 Å². The van der Waals surface area contributed by atoms with E-state index in [0.717, 1.165) is 11.1 Å². The van der Waals surface area contributed by atoms with Crippen molar-refractivity contribution in [3.8, 4) is 5.75 Å². The van der Waals surface area contributed by atoms with Crippen LogP contribution in [0.5, 0.6) is 5.75 Å². The molecule has 1 aliphatic rings. The fourth-order valence-electron chi connectivity index (χ4n) is 3.53. The van der Waals surface area contributed by atoms with Gasteiger partial charge in [-0.2, -0.15) is 0 Å². The second-order valence-electron chi connectivity index (χ2n) is 7.21. The van der Waals surface area contributed by atoms with Gasteiger partial charge in [0.15, 0.2) is 4.75 Å². The Morgan fingerprint density at radius 3 is 2.32 bits per heavy atom. The van der Waals surface area contributed by atoms with Gasteiger partial charge in [-0.15, -0.1) is 0 Å². The number of amides is 1. The lowest BCUT2D eigenvalue weighted by atomic mass is 10.1. The van der Waals surface area contributed by atoms with E-state index in [1.54, 1.807) is 24.3 Å². The van der Waals surface area contributed by atoms with Crippen molar-refractivity contribution in [3.05, 3.63) is 53.6 Å². The number of nitrogens with one attached hydrogen (secondary N) is 1. The lowest BCUT2D eigenvalue weighted by molar-refractivity contribution is -0.118. The van der Waals surface area contributed by atoms with Crippen LogP contribution in [0.4, 0.5) is 11.4 Å². The average Bonchev–Trinajstić information content (AvgIpc) is 2.88. The van der Waals surface area contributed by atoms with Crippen molar-refractivity contribution < 1.29 is 17.9 Å². The molecule has 0 bridgehead atoms. The molecule has 150 valence electrons. The number of para-hydroxylation sites is 1. The van der Waals surface area contributed by atoms with Gasteiger partial charge in [-0.05, 0) is 69.5 Å². The summed E-state index contributed by atoms with van der Waals surface area (Å²) in [6, 6.07) is 12.6. The number of aryl methyl sites for hydroxylation is 2. The highest BCUT2D eigenvalue weighted by Gasteiger charge is 2.55. The number of rotatable bonds is 5. The predicted octanol–water partition coefficient (Wildman–Crippen LogP) is 3.64. The molecule has 1 fully saturated rings. The number of benzene rings is 2. The van der Waals surface area contributed by atoms with E-state index in [9.17, 15) is 13.2 Å². The maximum absolute atomic E-state index is 13.3. The van der Waals surface area contributed by atoms with Crippen LogP contribution < -0.4 is 14.4 Å². The summed E-state index contributed by atoms with van der Waals surface area (Å²) in [5.41, 5.74) is 2.95. The fourth-order valence-corrected chi connectivity index (χ4v) is 5.51. The number of hydrogen-bond donors (Lipinski definition) is 1. The number of carbonyl (C=O) groups is 1. The van der Waals surface area contributed by atoms with Crippen LogP contribution in [0, 0.1) is 13.8 Å². The van der Waals surface area contributed by atoms with Gasteiger partial charge in [-0.25, -0.2) is 8.42 Å². The first-order valence-corrected chi connectivity index (χ1v) is 10.8. The van der Waals surface area contributed by atoms with Crippen molar-refractivity contribution in [2.75, 3.05) is 22.8 Å². The molecule has 0 aliphatic carbocycles. The van der Waals surface area contributed by atoms with Gasteiger partial charge in [0, 0.05) is 12.2 Å². The van der Waals surface area contributed by atoms with Gasteiger partial charge in [-0.1, -0.05) is 18.2 Å². The Bertz CT molecular complexity index is 966. The summed E-state index contributed by atoms with van der Waals surface area (Å²) in [7, 11) is -3.86. The Kier molecular flexibility index (Phi) is 5.39. The quantitative estimate of drug-likeness (QED) is 0.828. The summed E-state index contributed by atoms with van der Waals surface area (Å²) in [4.78, 5) is 13.0. The third-order valence-corrected chi connectivity index (χ3v) is 7.72. The third-order valence-electron chi connectivity index (χ3n) is 5.24. The first-order chi connectivity index (χ1) is 13.2. The zero-order valence-electron chi connectivity index (χ0n) is 16.7. The van der Waals surface area contributed by atoms with Crippen LogP contribution in [0.15, 0.2) is 42.5 Å². The van der Waals surface area contributed by atoms with Crippen LogP contribution in [0.3, 0.4) is 0 Å². The molecule has 1 atom stereocenters. The molecule has 28 heavy (non-hydrogen) atoms. The molecule has 0 unspecified atom stereocenters. The Morgan fingerprint density at radius 1 is 1.14 bits per heavy atom. The summed E-state index contributed by atoms with van der Waals surface area (Å²) in [5.74, 6) is 0.173. The summed E-state index contributed by atoms with van der Waals surface area (Å²) >= 11 is 0. The lowest BCUT2D eigenvalue weighted by Crippen LogP contribution is -2.47. The minimum atomic E-state index is -3.86. The first kappa shape index (κ1) is 20.2. The lowest BCUT2D eigenvalue weighted by Gasteiger charge is -2.27. The second kappa shape index (κ2) is 7.47. The summed E-state index contributed by atoms with van der Waals surface area (Å²) in [5, 5.41) is 2.75. The minimum Gasteiger partial charge on any atom is -0.494 e. The van der Waals surface area contributed by atoms with Crippen molar-refractivity contribution in [2.45, 2.75) is 38.9 Å². The molecule has 1 saturated heterocycles. The molecule has 7 heteroatoms. The van der Waals surface area contributed by atoms with Crippen molar-refractivity contribution in [2.24, 2.45) is 0 Å². The molecule has 3 rings (SSSR count). The summed E-state index contributed by atoms with van der Waals surface area (Å²) in [6.45, 7) is 7.99. The van der Waals surface area contributed by atoms with Crippen LogP contribution >= 0.6 is 0 Å². The number of carbonyl (C=O) groups excluding carboxylic acids is 1. The zero-order valence-corrected chi connectivity index (χ0v) is 17.5. The van der Waals surface area contributed by atoms with E-state index >= 15 is 0 Å². The summed E-state index contributed by atoms with van der Waals surface area (Å²) < 4.78 is 31.9. The fraction of sp³-hybridized carbons (Fsp3) is 0.381. The van der Waals surface area contributed by atoms with Gasteiger partial charge in [0.1, 0.15) is 5.75 Å². The highest BCUT2D eigenvalue weighted by atomic mass is 32.2. The van der Waals surface area contributed by atoms with E-state index in [1.807, 2.05) is 39.0 Å². The molecular weight excluding hydrogens is 376 g/mol. The van der Waals surface area contributed by atoms with E-state index in [2.05, 4.69) is 5.32 Å². The molecule has 1 amide bonds. The Morgan fingerprint density at radius 2 is 1.75 bits per heavy atom. The van der Waals surface area contributed by atoms with E-state index < -0.39 is 20.7 Å². The Labute approximate surface area is 166 Å². The molecule has 0 radical (unpaired) electrons. The van der Waals surface area contributed by atoms with Crippen LogP contribution in [-0.4, -0.2) is 32.2 Å². The molecule has 0 saturated carbocycles. The maximum Gasteiger partial charge on any atom is 0.249 e. The smallest absolute Gasteiger partial charge is 0.249 e. The number of nitrogens with zero attached hydrogens (tertiary/aromatic N) is 1. The van der Waals surface area contributed by atoms with Crippen LogP contribution in [-0.2, 0) is 14.8 Å². The van der Waals surface area contributed by atoms with Gasteiger partial charge in [0.25, 0.3) is 0 Å². The van der Waals surface area contributed by atoms with Crippen molar-refractivity contribution >= 4 is 27.3 Å². The molecule has 1 heterocycles. The third kappa shape index (κ3) is 3.35. The van der Waals surface area contributed by atoms with Crippen LogP contribution in [0.25, 0.3) is 0 Å². The molecule has 2 aromatic rings. The number of hydrogen-bond acceptors (Lipinski definition) is 4. The van der Waals surface area contributed by atoms with Crippen molar-refractivity contribution in [1.82, 2.24) is 0 Å². The second-order valence-corrected chi connectivity index (χ2v) is 9.50. The zero-order chi connectivity index (χ0) is 20.5. The molecule has 0 aromatic heterocycles. The standard InChI is InChI=1S/C21H26N2O4S/c1-5-27-18-11-9-17(10-12-18)22-20(24)21(4)13-14-23(28(21,25)26)19-15(2)7-6-8-16(19)3/h6-12H,5,13-14H2,1-4H3,(H,22,24)/t21-/m0/s1. The van der Waals surface area contributed by atoms with Gasteiger partial charge >= 0.3 is 0 Å². The monoisotopic (exact) mass is 402 g/mol. The van der Waals surface area contributed by atoms with Crippen LogP contribution in [0.1, 0.15) is 31.4 Å². The van der Waals surface area contributed by atoms with Crippen molar-refractivity contribution in [3.63, 3.8) is 0 Å². The number of sulfonamides is 1. The average molecular weight is 403 g/mol.